The third-order valence-electron chi connectivity index (χ3n) is 2.94. The van der Waals surface area contributed by atoms with Gasteiger partial charge in [-0.25, -0.2) is 4.39 Å². The Hall–Kier alpha value is -1.96. The Labute approximate surface area is 106 Å². The summed E-state index contributed by atoms with van der Waals surface area (Å²) in [6.45, 7) is 2.14. The van der Waals surface area contributed by atoms with E-state index in [-0.39, 0.29) is 5.82 Å². The number of halogens is 1. The molecule has 2 aromatic carbocycles. The van der Waals surface area contributed by atoms with E-state index in [1.54, 1.807) is 6.07 Å². The van der Waals surface area contributed by atoms with Gasteiger partial charge in [-0.1, -0.05) is 43.7 Å². The van der Waals surface area contributed by atoms with Crippen molar-refractivity contribution < 1.29 is 9.18 Å². The standard InChI is InChI=1S/C16H15FO/c1-2-3-12-4-6-13(7-5-12)16-9-8-15(17)10-14(16)11-18/h4-11H,2-3H2,1H3. The van der Waals surface area contributed by atoms with Crippen LogP contribution >= 0.6 is 0 Å². The normalized spacial score (nSPS) is 10.3. The van der Waals surface area contributed by atoms with Gasteiger partial charge in [0.15, 0.2) is 6.29 Å². The van der Waals surface area contributed by atoms with Crippen LogP contribution in [0, 0.1) is 5.82 Å². The average molecular weight is 242 g/mol. The molecule has 0 heterocycles. The summed E-state index contributed by atoms with van der Waals surface area (Å²) in [5, 5.41) is 0. The van der Waals surface area contributed by atoms with Crippen LogP contribution in [0.25, 0.3) is 11.1 Å². The van der Waals surface area contributed by atoms with Gasteiger partial charge in [0.25, 0.3) is 0 Å². The molecule has 0 aromatic heterocycles. The van der Waals surface area contributed by atoms with Gasteiger partial charge in [0.2, 0.25) is 0 Å². The summed E-state index contributed by atoms with van der Waals surface area (Å²) >= 11 is 0. The van der Waals surface area contributed by atoms with Gasteiger partial charge in [-0.05, 0) is 35.2 Å². The molecule has 92 valence electrons. The van der Waals surface area contributed by atoms with Gasteiger partial charge >= 0.3 is 0 Å². The monoisotopic (exact) mass is 242 g/mol. The van der Waals surface area contributed by atoms with Gasteiger partial charge in [0.05, 0.1) is 0 Å². The molecule has 0 N–H and O–H groups in total. The second-order valence-corrected chi connectivity index (χ2v) is 4.30. The number of aryl methyl sites for hydroxylation is 1. The van der Waals surface area contributed by atoms with E-state index < -0.39 is 0 Å². The Morgan fingerprint density at radius 3 is 2.44 bits per heavy atom. The summed E-state index contributed by atoms with van der Waals surface area (Å²) in [6.07, 6.45) is 2.85. The van der Waals surface area contributed by atoms with Crippen LogP contribution in [-0.4, -0.2) is 6.29 Å². The molecule has 0 radical (unpaired) electrons. The molecule has 2 aromatic rings. The van der Waals surface area contributed by atoms with Crippen LogP contribution in [0.5, 0.6) is 0 Å². The highest BCUT2D eigenvalue weighted by Crippen LogP contribution is 2.24. The number of carbonyl (C=O) groups excluding carboxylic acids is 1. The molecule has 0 saturated heterocycles. The quantitative estimate of drug-likeness (QED) is 0.732. The number of aldehydes is 1. The Morgan fingerprint density at radius 1 is 1.11 bits per heavy atom. The SMILES string of the molecule is CCCc1ccc(-c2ccc(F)cc2C=O)cc1. The predicted octanol–water partition coefficient (Wildman–Crippen LogP) is 4.26. The first kappa shape index (κ1) is 12.5. The van der Waals surface area contributed by atoms with Gasteiger partial charge in [-0.15, -0.1) is 0 Å². The molecule has 0 bridgehead atoms. The van der Waals surface area contributed by atoms with Gasteiger partial charge in [0.1, 0.15) is 5.82 Å². The molecule has 0 aliphatic rings. The molecule has 0 atom stereocenters. The Morgan fingerprint density at radius 2 is 1.83 bits per heavy atom. The fourth-order valence-electron chi connectivity index (χ4n) is 2.03. The highest BCUT2D eigenvalue weighted by molar-refractivity contribution is 5.87. The van der Waals surface area contributed by atoms with E-state index in [9.17, 15) is 9.18 Å². The first-order valence-electron chi connectivity index (χ1n) is 6.08. The summed E-state index contributed by atoms with van der Waals surface area (Å²) in [5.41, 5.74) is 3.38. The van der Waals surface area contributed by atoms with Gasteiger partial charge in [-0.2, -0.15) is 0 Å². The molecule has 0 spiro atoms. The van der Waals surface area contributed by atoms with Crippen molar-refractivity contribution in [3.63, 3.8) is 0 Å². The fourth-order valence-corrected chi connectivity index (χ4v) is 2.03. The summed E-state index contributed by atoms with van der Waals surface area (Å²) < 4.78 is 13.1. The van der Waals surface area contributed by atoms with Crippen LogP contribution in [0.1, 0.15) is 29.3 Å². The highest BCUT2D eigenvalue weighted by atomic mass is 19.1. The zero-order valence-corrected chi connectivity index (χ0v) is 10.3. The maximum absolute atomic E-state index is 13.1. The van der Waals surface area contributed by atoms with Crippen molar-refractivity contribution >= 4 is 6.29 Å². The summed E-state index contributed by atoms with van der Waals surface area (Å²) in [4.78, 5) is 11.0. The van der Waals surface area contributed by atoms with Crippen LogP contribution < -0.4 is 0 Å². The molecule has 2 heteroatoms. The van der Waals surface area contributed by atoms with E-state index in [1.165, 1.54) is 17.7 Å². The lowest BCUT2D eigenvalue weighted by Gasteiger charge is -2.06. The van der Waals surface area contributed by atoms with Crippen molar-refractivity contribution in [2.24, 2.45) is 0 Å². The Kier molecular flexibility index (Phi) is 3.88. The van der Waals surface area contributed by atoms with Gasteiger partial charge in [-0.3, -0.25) is 4.79 Å². The molecule has 0 aliphatic heterocycles. The largest absolute Gasteiger partial charge is 0.298 e. The lowest BCUT2D eigenvalue weighted by Crippen LogP contribution is -1.90. The Bertz CT molecular complexity index is 544. The predicted molar refractivity (Wildman–Crippen MR) is 71.2 cm³/mol. The molecular formula is C16H15FO. The topological polar surface area (TPSA) is 17.1 Å². The lowest BCUT2D eigenvalue weighted by atomic mass is 9.98. The smallest absolute Gasteiger partial charge is 0.150 e. The first-order chi connectivity index (χ1) is 8.74. The second-order valence-electron chi connectivity index (χ2n) is 4.30. The summed E-state index contributed by atoms with van der Waals surface area (Å²) in [7, 11) is 0. The third-order valence-corrected chi connectivity index (χ3v) is 2.94. The van der Waals surface area contributed by atoms with Crippen LogP contribution in [-0.2, 0) is 6.42 Å². The summed E-state index contributed by atoms with van der Waals surface area (Å²) in [5.74, 6) is -0.386. The minimum atomic E-state index is -0.386. The molecule has 0 fully saturated rings. The number of hydrogen-bond donors (Lipinski definition) is 0. The fraction of sp³-hybridized carbons (Fsp3) is 0.188. The van der Waals surface area contributed by atoms with Crippen LogP contribution in [0.4, 0.5) is 4.39 Å². The number of rotatable bonds is 4. The van der Waals surface area contributed by atoms with E-state index in [2.05, 4.69) is 19.1 Å². The molecule has 18 heavy (non-hydrogen) atoms. The maximum atomic E-state index is 13.1. The van der Waals surface area contributed by atoms with Crippen molar-refractivity contribution in [3.8, 4) is 11.1 Å². The van der Waals surface area contributed by atoms with Crippen LogP contribution in [0.2, 0.25) is 0 Å². The lowest BCUT2D eigenvalue weighted by molar-refractivity contribution is 0.112. The van der Waals surface area contributed by atoms with Crippen LogP contribution in [0.15, 0.2) is 42.5 Å². The van der Waals surface area contributed by atoms with Crippen LogP contribution in [0.3, 0.4) is 0 Å². The van der Waals surface area contributed by atoms with E-state index in [1.807, 2.05) is 12.1 Å². The molecule has 2 rings (SSSR count). The van der Waals surface area contributed by atoms with Gasteiger partial charge in [0, 0.05) is 5.56 Å². The zero-order chi connectivity index (χ0) is 13.0. The first-order valence-corrected chi connectivity index (χ1v) is 6.08. The second kappa shape index (κ2) is 5.58. The van der Waals surface area contributed by atoms with Crippen molar-refractivity contribution in [2.75, 3.05) is 0 Å². The molecule has 0 aliphatic carbocycles. The van der Waals surface area contributed by atoms with E-state index >= 15 is 0 Å². The number of benzene rings is 2. The molecule has 0 amide bonds. The minimum absolute atomic E-state index is 0.386. The molecule has 0 unspecified atom stereocenters. The zero-order valence-electron chi connectivity index (χ0n) is 10.3. The molecule has 0 saturated carbocycles. The van der Waals surface area contributed by atoms with E-state index in [0.29, 0.717) is 11.8 Å². The Balaban J connectivity index is 2.39. The van der Waals surface area contributed by atoms with Crippen molar-refractivity contribution in [1.29, 1.82) is 0 Å². The average Bonchev–Trinajstić information content (AvgIpc) is 2.40. The molecular weight excluding hydrogens is 227 g/mol. The van der Waals surface area contributed by atoms with E-state index in [0.717, 1.165) is 24.0 Å². The third kappa shape index (κ3) is 2.65. The minimum Gasteiger partial charge on any atom is -0.298 e. The van der Waals surface area contributed by atoms with E-state index in [4.69, 9.17) is 0 Å². The number of hydrogen-bond acceptors (Lipinski definition) is 1. The highest BCUT2D eigenvalue weighted by Gasteiger charge is 2.05. The van der Waals surface area contributed by atoms with Crippen molar-refractivity contribution in [3.05, 3.63) is 59.4 Å². The maximum Gasteiger partial charge on any atom is 0.150 e. The van der Waals surface area contributed by atoms with Gasteiger partial charge < -0.3 is 0 Å². The molecule has 1 nitrogen and oxygen atoms in total. The van der Waals surface area contributed by atoms with Crippen molar-refractivity contribution in [2.45, 2.75) is 19.8 Å². The summed E-state index contributed by atoms with van der Waals surface area (Å²) in [6, 6.07) is 12.3. The number of carbonyl (C=O) groups is 1. The van der Waals surface area contributed by atoms with Crippen molar-refractivity contribution in [1.82, 2.24) is 0 Å².